The quantitative estimate of drug-likeness (QED) is 0.553. The molecule has 0 aromatic rings. The van der Waals surface area contributed by atoms with E-state index in [4.69, 9.17) is 4.74 Å². The van der Waals surface area contributed by atoms with Gasteiger partial charge in [-0.05, 0) is 24.7 Å². The van der Waals surface area contributed by atoms with Crippen LogP contribution in [0.2, 0.25) is 0 Å². The first-order valence-corrected chi connectivity index (χ1v) is 3.82. The van der Waals surface area contributed by atoms with Gasteiger partial charge in [0.1, 0.15) is 0 Å². The third-order valence-corrected chi connectivity index (χ3v) is 2.21. The van der Waals surface area contributed by atoms with Crippen LogP contribution < -0.4 is 0 Å². The Morgan fingerprint density at radius 2 is 2.22 bits per heavy atom. The van der Waals surface area contributed by atoms with Crippen LogP contribution in [0.15, 0.2) is 0 Å². The summed E-state index contributed by atoms with van der Waals surface area (Å²) >= 11 is 0. The van der Waals surface area contributed by atoms with Crippen molar-refractivity contribution >= 4 is 0 Å². The Hall–Kier alpha value is -0.0400. The maximum Gasteiger partial charge on any atom is 0.0490 e. The van der Waals surface area contributed by atoms with Gasteiger partial charge in [0.2, 0.25) is 0 Å². The number of hydrogen-bond donors (Lipinski definition) is 0. The summed E-state index contributed by atoms with van der Waals surface area (Å²) in [5.41, 5.74) is 0. The third-order valence-electron chi connectivity index (χ3n) is 2.21. The molecule has 0 radical (unpaired) electrons. The number of ether oxygens (including phenoxy) is 1. The minimum Gasteiger partial charge on any atom is -0.384 e. The Morgan fingerprint density at radius 1 is 1.44 bits per heavy atom. The minimum atomic E-state index is 0.866. The monoisotopic (exact) mass is 128 g/mol. The molecule has 1 rings (SSSR count). The van der Waals surface area contributed by atoms with Crippen LogP contribution in [0, 0.1) is 11.8 Å². The molecule has 0 unspecified atom stereocenters. The molecule has 1 nitrogen and oxygen atoms in total. The molecule has 1 aliphatic rings. The molecule has 0 spiro atoms. The van der Waals surface area contributed by atoms with E-state index in [0.717, 1.165) is 18.4 Å². The summed E-state index contributed by atoms with van der Waals surface area (Å²) in [7, 11) is 1.79. The van der Waals surface area contributed by atoms with Crippen molar-refractivity contribution in [2.45, 2.75) is 26.2 Å². The highest BCUT2D eigenvalue weighted by molar-refractivity contribution is 4.71. The summed E-state index contributed by atoms with van der Waals surface area (Å²) in [6, 6.07) is 0. The van der Waals surface area contributed by atoms with E-state index in [1.807, 2.05) is 0 Å². The molecule has 1 aliphatic carbocycles. The van der Waals surface area contributed by atoms with E-state index in [9.17, 15) is 0 Å². The van der Waals surface area contributed by atoms with E-state index < -0.39 is 0 Å². The maximum absolute atomic E-state index is 5.07. The Kier molecular flexibility index (Phi) is 2.52. The van der Waals surface area contributed by atoms with E-state index in [1.54, 1.807) is 7.11 Å². The zero-order chi connectivity index (χ0) is 6.69. The molecule has 0 heterocycles. The minimum absolute atomic E-state index is 0.866. The summed E-state index contributed by atoms with van der Waals surface area (Å²) in [5, 5.41) is 0. The van der Waals surface area contributed by atoms with E-state index in [2.05, 4.69) is 6.92 Å². The van der Waals surface area contributed by atoms with Crippen LogP contribution in [0.4, 0.5) is 0 Å². The molecule has 9 heavy (non-hydrogen) atoms. The normalized spacial score (nSPS) is 35.3. The fourth-order valence-corrected chi connectivity index (χ4v) is 1.71. The first kappa shape index (κ1) is 7.07. The van der Waals surface area contributed by atoms with Gasteiger partial charge in [0.25, 0.3) is 0 Å². The molecule has 0 aliphatic heterocycles. The molecule has 0 amide bonds. The SMILES string of the molecule is COC[C@@H]1CC[C@H](C)C1. The molecule has 0 saturated heterocycles. The first-order chi connectivity index (χ1) is 4.33. The lowest BCUT2D eigenvalue weighted by Gasteiger charge is -2.05. The molecule has 54 valence electrons. The fourth-order valence-electron chi connectivity index (χ4n) is 1.71. The second kappa shape index (κ2) is 3.21. The van der Waals surface area contributed by atoms with Gasteiger partial charge < -0.3 is 4.74 Å². The summed E-state index contributed by atoms with van der Waals surface area (Å²) in [6.07, 6.45) is 4.18. The Morgan fingerprint density at radius 3 is 2.67 bits per heavy atom. The largest absolute Gasteiger partial charge is 0.384 e. The van der Waals surface area contributed by atoms with Crippen LogP contribution in [0.5, 0.6) is 0 Å². The van der Waals surface area contributed by atoms with Crippen molar-refractivity contribution in [2.24, 2.45) is 11.8 Å². The van der Waals surface area contributed by atoms with E-state index in [-0.39, 0.29) is 0 Å². The lowest BCUT2D eigenvalue weighted by molar-refractivity contribution is 0.153. The summed E-state index contributed by atoms with van der Waals surface area (Å²) in [6.45, 7) is 3.31. The Balaban J connectivity index is 2.14. The van der Waals surface area contributed by atoms with Gasteiger partial charge in [0.15, 0.2) is 0 Å². The zero-order valence-corrected chi connectivity index (χ0v) is 6.39. The van der Waals surface area contributed by atoms with Crippen LogP contribution in [-0.4, -0.2) is 13.7 Å². The summed E-state index contributed by atoms with van der Waals surface area (Å²) in [5.74, 6) is 1.81. The Bertz CT molecular complexity index is 78.6. The molecule has 1 heteroatoms. The van der Waals surface area contributed by atoms with Crippen molar-refractivity contribution in [1.29, 1.82) is 0 Å². The van der Waals surface area contributed by atoms with Crippen LogP contribution in [0.25, 0.3) is 0 Å². The van der Waals surface area contributed by atoms with Gasteiger partial charge in [-0.25, -0.2) is 0 Å². The fraction of sp³-hybridized carbons (Fsp3) is 1.00. The highest BCUT2D eigenvalue weighted by Crippen LogP contribution is 2.29. The van der Waals surface area contributed by atoms with Crippen molar-refractivity contribution in [3.8, 4) is 0 Å². The van der Waals surface area contributed by atoms with Crippen LogP contribution in [0.3, 0.4) is 0 Å². The van der Waals surface area contributed by atoms with Crippen molar-refractivity contribution < 1.29 is 4.74 Å². The van der Waals surface area contributed by atoms with E-state index in [0.29, 0.717) is 0 Å². The predicted molar refractivity (Wildman–Crippen MR) is 38.4 cm³/mol. The lowest BCUT2D eigenvalue weighted by atomic mass is 10.1. The van der Waals surface area contributed by atoms with Crippen LogP contribution >= 0.6 is 0 Å². The molecule has 1 saturated carbocycles. The lowest BCUT2D eigenvalue weighted by Crippen LogP contribution is -2.02. The summed E-state index contributed by atoms with van der Waals surface area (Å²) in [4.78, 5) is 0. The van der Waals surface area contributed by atoms with Gasteiger partial charge >= 0.3 is 0 Å². The molecular weight excluding hydrogens is 112 g/mol. The number of rotatable bonds is 2. The molecule has 0 aromatic heterocycles. The van der Waals surface area contributed by atoms with Gasteiger partial charge in [-0.1, -0.05) is 13.3 Å². The van der Waals surface area contributed by atoms with Crippen LogP contribution in [-0.2, 0) is 4.74 Å². The number of hydrogen-bond acceptors (Lipinski definition) is 1. The standard InChI is InChI=1S/C8H16O/c1-7-3-4-8(5-7)6-9-2/h7-8H,3-6H2,1-2H3/t7-,8+/m0/s1. The molecule has 0 bridgehead atoms. The highest BCUT2D eigenvalue weighted by atomic mass is 16.5. The predicted octanol–water partition coefficient (Wildman–Crippen LogP) is 2.07. The van der Waals surface area contributed by atoms with Crippen molar-refractivity contribution in [1.82, 2.24) is 0 Å². The molecule has 0 N–H and O–H groups in total. The van der Waals surface area contributed by atoms with Gasteiger partial charge in [0, 0.05) is 13.7 Å². The van der Waals surface area contributed by atoms with Gasteiger partial charge in [0.05, 0.1) is 0 Å². The maximum atomic E-state index is 5.07. The molecule has 2 atom stereocenters. The summed E-state index contributed by atoms with van der Waals surface area (Å²) < 4.78 is 5.07. The van der Waals surface area contributed by atoms with E-state index in [1.165, 1.54) is 19.3 Å². The average molecular weight is 128 g/mol. The van der Waals surface area contributed by atoms with Crippen molar-refractivity contribution in [3.05, 3.63) is 0 Å². The Labute approximate surface area is 57.4 Å². The second-order valence-electron chi connectivity index (χ2n) is 3.24. The molecule has 0 aromatic carbocycles. The topological polar surface area (TPSA) is 9.23 Å². The van der Waals surface area contributed by atoms with Gasteiger partial charge in [-0.2, -0.15) is 0 Å². The smallest absolute Gasteiger partial charge is 0.0490 e. The average Bonchev–Trinajstić information content (AvgIpc) is 2.17. The van der Waals surface area contributed by atoms with Crippen molar-refractivity contribution in [2.75, 3.05) is 13.7 Å². The number of methoxy groups -OCH3 is 1. The van der Waals surface area contributed by atoms with Gasteiger partial charge in [-0.3, -0.25) is 0 Å². The molecule has 1 fully saturated rings. The second-order valence-corrected chi connectivity index (χ2v) is 3.24. The first-order valence-electron chi connectivity index (χ1n) is 3.82. The van der Waals surface area contributed by atoms with Gasteiger partial charge in [-0.15, -0.1) is 0 Å². The molecular formula is C8H16O. The highest BCUT2D eigenvalue weighted by Gasteiger charge is 2.20. The van der Waals surface area contributed by atoms with Crippen LogP contribution in [0.1, 0.15) is 26.2 Å². The van der Waals surface area contributed by atoms with E-state index >= 15 is 0 Å². The van der Waals surface area contributed by atoms with Crippen molar-refractivity contribution in [3.63, 3.8) is 0 Å². The zero-order valence-electron chi connectivity index (χ0n) is 6.39. The third kappa shape index (κ3) is 1.98.